The summed E-state index contributed by atoms with van der Waals surface area (Å²) >= 11 is 0. The lowest BCUT2D eigenvalue weighted by Gasteiger charge is -2.26. The Hall–Kier alpha value is -1.06. The number of benzene rings is 1. The van der Waals surface area contributed by atoms with E-state index in [9.17, 15) is 0 Å². The zero-order chi connectivity index (χ0) is 18.5. The van der Waals surface area contributed by atoms with Crippen LogP contribution < -0.4 is 15.4 Å². The molecule has 1 aliphatic heterocycles. The van der Waals surface area contributed by atoms with Crippen molar-refractivity contribution >= 4 is 29.9 Å². The van der Waals surface area contributed by atoms with Gasteiger partial charge in [0.15, 0.2) is 5.96 Å². The van der Waals surface area contributed by atoms with Gasteiger partial charge in [0.2, 0.25) is 0 Å². The molecule has 27 heavy (non-hydrogen) atoms. The van der Waals surface area contributed by atoms with Crippen LogP contribution in [-0.2, 0) is 9.47 Å². The molecule has 0 fully saturated rings. The molecule has 2 N–H and O–H groups in total. The zero-order valence-corrected chi connectivity index (χ0v) is 18.9. The molecule has 7 heteroatoms. The highest BCUT2D eigenvalue weighted by atomic mass is 127. The number of fused-ring (bicyclic) bond motifs is 1. The normalized spacial score (nSPS) is 16.1. The van der Waals surface area contributed by atoms with Crippen LogP contribution in [0, 0.1) is 0 Å². The lowest BCUT2D eigenvalue weighted by molar-refractivity contribution is 0.0487. The van der Waals surface area contributed by atoms with Gasteiger partial charge in [0.05, 0.1) is 26.4 Å². The average molecular weight is 491 g/mol. The summed E-state index contributed by atoms with van der Waals surface area (Å²) in [4.78, 5) is 4.28. The molecule has 0 radical (unpaired) electrons. The Bertz CT molecular complexity index is 543. The number of ether oxygens (including phenoxy) is 3. The number of aliphatic imine (C=N–C) groups is 1. The second-order valence-corrected chi connectivity index (χ2v) is 6.33. The van der Waals surface area contributed by atoms with Crippen molar-refractivity contribution in [3.8, 4) is 5.75 Å². The Morgan fingerprint density at radius 1 is 1.15 bits per heavy atom. The number of rotatable bonds is 11. The molecular weight excluding hydrogens is 457 g/mol. The minimum atomic E-state index is 0. The maximum atomic E-state index is 5.72. The highest BCUT2D eigenvalue weighted by Gasteiger charge is 2.20. The van der Waals surface area contributed by atoms with Gasteiger partial charge in [-0.05, 0) is 24.5 Å². The van der Waals surface area contributed by atoms with Gasteiger partial charge in [0, 0.05) is 32.7 Å². The van der Waals surface area contributed by atoms with Crippen LogP contribution in [0.15, 0.2) is 29.3 Å². The van der Waals surface area contributed by atoms with Gasteiger partial charge in [-0.15, -0.1) is 24.0 Å². The van der Waals surface area contributed by atoms with Crippen LogP contribution in [0.1, 0.15) is 37.7 Å². The van der Waals surface area contributed by atoms with Crippen molar-refractivity contribution in [1.29, 1.82) is 0 Å². The van der Waals surface area contributed by atoms with Crippen molar-refractivity contribution in [2.45, 2.75) is 32.1 Å². The van der Waals surface area contributed by atoms with Crippen molar-refractivity contribution in [2.24, 2.45) is 4.99 Å². The average Bonchev–Trinajstić information content (AvgIpc) is 2.69. The molecule has 1 aromatic rings. The first-order chi connectivity index (χ1) is 12.8. The van der Waals surface area contributed by atoms with Gasteiger partial charge in [0.25, 0.3) is 0 Å². The van der Waals surface area contributed by atoms with E-state index in [-0.39, 0.29) is 24.0 Å². The Balaban J connectivity index is 0.00000364. The predicted octanol–water partition coefficient (Wildman–Crippen LogP) is 3.17. The third-order valence-electron chi connectivity index (χ3n) is 4.38. The monoisotopic (exact) mass is 491 g/mol. The summed E-state index contributed by atoms with van der Waals surface area (Å²) in [5.41, 5.74) is 1.27. The van der Waals surface area contributed by atoms with Crippen LogP contribution in [0.4, 0.5) is 0 Å². The van der Waals surface area contributed by atoms with Crippen LogP contribution in [0.3, 0.4) is 0 Å². The Labute approximate surface area is 180 Å². The Kier molecular flexibility index (Phi) is 13.3. The van der Waals surface area contributed by atoms with Crippen LogP contribution in [0.25, 0.3) is 0 Å². The first-order valence-corrected chi connectivity index (χ1v) is 9.67. The van der Waals surface area contributed by atoms with Crippen LogP contribution in [-0.4, -0.2) is 59.1 Å². The molecule has 0 aromatic heterocycles. The van der Waals surface area contributed by atoms with Gasteiger partial charge in [0.1, 0.15) is 5.75 Å². The molecule has 154 valence electrons. The van der Waals surface area contributed by atoms with E-state index in [4.69, 9.17) is 14.2 Å². The number of nitrogens with one attached hydrogen (secondary N) is 2. The maximum absolute atomic E-state index is 5.72. The smallest absolute Gasteiger partial charge is 0.191 e. The summed E-state index contributed by atoms with van der Waals surface area (Å²) < 4.78 is 16.7. The minimum absolute atomic E-state index is 0. The first-order valence-electron chi connectivity index (χ1n) is 9.67. The quantitative estimate of drug-likeness (QED) is 0.216. The molecule has 0 amide bonds. The van der Waals surface area contributed by atoms with Gasteiger partial charge in [-0.1, -0.05) is 31.5 Å². The number of halogens is 1. The van der Waals surface area contributed by atoms with Gasteiger partial charge in [-0.3, -0.25) is 4.99 Å². The summed E-state index contributed by atoms with van der Waals surface area (Å²) in [5, 5.41) is 6.69. The molecule has 1 atom stereocenters. The van der Waals surface area contributed by atoms with E-state index < -0.39 is 0 Å². The van der Waals surface area contributed by atoms with E-state index in [2.05, 4.69) is 34.7 Å². The first kappa shape index (κ1) is 24.0. The number of nitrogens with zero attached hydrogens (tertiary/aromatic N) is 1. The predicted molar refractivity (Wildman–Crippen MR) is 121 cm³/mol. The molecule has 1 heterocycles. The maximum Gasteiger partial charge on any atom is 0.191 e. The van der Waals surface area contributed by atoms with Crippen molar-refractivity contribution in [3.05, 3.63) is 29.8 Å². The van der Waals surface area contributed by atoms with Gasteiger partial charge in [-0.2, -0.15) is 0 Å². The van der Waals surface area contributed by atoms with Crippen LogP contribution in [0.2, 0.25) is 0 Å². The second-order valence-electron chi connectivity index (χ2n) is 6.33. The Morgan fingerprint density at radius 2 is 1.93 bits per heavy atom. The summed E-state index contributed by atoms with van der Waals surface area (Å²) in [6.07, 6.45) is 3.29. The number of unbranched alkanes of at least 4 members (excludes halogenated alkanes) is 1. The lowest BCUT2D eigenvalue weighted by Crippen LogP contribution is -2.41. The molecule has 0 bridgehead atoms. The molecule has 6 nitrogen and oxygen atoms in total. The topological polar surface area (TPSA) is 64.1 Å². The van der Waals surface area contributed by atoms with E-state index in [0.29, 0.717) is 25.7 Å². The highest BCUT2D eigenvalue weighted by Crippen LogP contribution is 2.32. The van der Waals surface area contributed by atoms with Gasteiger partial charge < -0.3 is 24.8 Å². The molecule has 0 saturated heterocycles. The zero-order valence-electron chi connectivity index (χ0n) is 16.5. The molecule has 0 spiro atoms. The number of hydrogen-bond acceptors (Lipinski definition) is 4. The van der Waals surface area contributed by atoms with Crippen molar-refractivity contribution in [2.75, 3.05) is 53.2 Å². The fourth-order valence-corrected chi connectivity index (χ4v) is 2.88. The Morgan fingerprint density at radius 3 is 2.70 bits per heavy atom. The van der Waals surface area contributed by atoms with E-state index in [0.717, 1.165) is 57.3 Å². The van der Waals surface area contributed by atoms with Crippen molar-refractivity contribution < 1.29 is 14.2 Å². The fraction of sp³-hybridized carbons (Fsp3) is 0.650. The summed E-state index contributed by atoms with van der Waals surface area (Å²) in [6.45, 7) is 7.25. The van der Waals surface area contributed by atoms with Crippen LogP contribution in [0.5, 0.6) is 5.75 Å². The molecular formula is C20H34IN3O3. The second kappa shape index (κ2) is 14.9. The van der Waals surface area contributed by atoms with Crippen molar-refractivity contribution in [3.63, 3.8) is 0 Å². The highest BCUT2D eigenvalue weighted by molar-refractivity contribution is 14.0. The molecule has 1 aromatic carbocycles. The van der Waals surface area contributed by atoms with Crippen molar-refractivity contribution in [1.82, 2.24) is 10.6 Å². The van der Waals surface area contributed by atoms with E-state index in [1.54, 1.807) is 7.05 Å². The van der Waals surface area contributed by atoms with Crippen LogP contribution >= 0.6 is 24.0 Å². The number of hydrogen-bond donors (Lipinski definition) is 2. The van der Waals surface area contributed by atoms with Gasteiger partial charge >= 0.3 is 0 Å². The third-order valence-corrected chi connectivity index (χ3v) is 4.38. The molecule has 0 saturated carbocycles. The minimum Gasteiger partial charge on any atom is -0.493 e. The lowest BCUT2D eigenvalue weighted by atomic mass is 9.93. The number of para-hydroxylation sites is 1. The fourth-order valence-electron chi connectivity index (χ4n) is 2.88. The SMILES string of the molecule is CCCCOCCOCCNC(=NC)NCC1CCOc2ccccc21.I. The molecule has 1 aliphatic rings. The van der Waals surface area contributed by atoms with E-state index >= 15 is 0 Å². The van der Waals surface area contributed by atoms with E-state index in [1.807, 2.05) is 12.1 Å². The molecule has 2 rings (SSSR count). The standard InChI is InChI=1S/C20H33N3O3.HI/c1-3-4-11-24-14-15-25-13-10-22-20(21-2)23-16-17-9-12-26-19-8-6-5-7-18(17)19;/h5-8,17H,3-4,9-16H2,1-2H3,(H2,21,22,23);1H. The molecule has 1 unspecified atom stereocenters. The summed E-state index contributed by atoms with van der Waals surface area (Å²) in [5.74, 6) is 2.25. The molecule has 0 aliphatic carbocycles. The third kappa shape index (κ3) is 9.12. The summed E-state index contributed by atoms with van der Waals surface area (Å²) in [6, 6.07) is 8.27. The number of guanidine groups is 1. The van der Waals surface area contributed by atoms with Gasteiger partial charge in [-0.25, -0.2) is 0 Å². The van der Waals surface area contributed by atoms with E-state index in [1.165, 1.54) is 5.56 Å². The summed E-state index contributed by atoms with van der Waals surface area (Å²) in [7, 11) is 1.79. The largest absolute Gasteiger partial charge is 0.493 e.